The van der Waals surface area contributed by atoms with Gasteiger partial charge in [-0.25, -0.2) is 9.78 Å². The van der Waals surface area contributed by atoms with Crippen molar-refractivity contribution in [2.24, 2.45) is 5.92 Å². The van der Waals surface area contributed by atoms with Crippen LogP contribution in [0.4, 0.5) is 0 Å². The predicted octanol–water partition coefficient (Wildman–Crippen LogP) is 3.05. The van der Waals surface area contributed by atoms with Crippen molar-refractivity contribution >= 4 is 17.8 Å². The number of cyclic esters (lactones) is 1. The minimum atomic E-state index is -0.925. The number of amides is 1. The maximum absolute atomic E-state index is 13.0. The molecule has 1 fully saturated rings. The van der Waals surface area contributed by atoms with Crippen LogP contribution in [0.25, 0.3) is 0 Å². The summed E-state index contributed by atoms with van der Waals surface area (Å²) in [5.41, 5.74) is -0.159. The van der Waals surface area contributed by atoms with E-state index in [1.165, 1.54) is 26.3 Å². The number of carbonyl (C=O) groups excluding carboxylic acids is 3. The van der Waals surface area contributed by atoms with Gasteiger partial charge in [-0.1, -0.05) is 26.7 Å². The summed E-state index contributed by atoms with van der Waals surface area (Å²) in [5.74, 6) is -1.66. The van der Waals surface area contributed by atoms with E-state index in [1.54, 1.807) is 0 Å². The molecule has 4 atom stereocenters. The van der Waals surface area contributed by atoms with Crippen molar-refractivity contribution in [1.29, 1.82) is 0 Å². The molecule has 2 rings (SSSR count). The highest BCUT2D eigenvalue weighted by Crippen LogP contribution is 2.30. The molecule has 1 saturated heterocycles. The summed E-state index contributed by atoms with van der Waals surface area (Å²) in [5, 5.41) is 2.65. The van der Waals surface area contributed by atoms with Crippen molar-refractivity contribution in [2.75, 3.05) is 13.7 Å². The highest BCUT2D eigenvalue weighted by Gasteiger charge is 2.34. The van der Waals surface area contributed by atoms with Gasteiger partial charge in [0.2, 0.25) is 5.75 Å². The largest absolute Gasteiger partial charge is 0.493 e. The molecule has 9 heteroatoms. The molecule has 1 aromatic heterocycles. The monoisotopic (exact) mass is 450 g/mol. The third-order valence-corrected chi connectivity index (χ3v) is 5.55. The molecule has 0 radical (unpaired) electrons. The van der Waals surface area contributed by atoms with E-state index in [9.17, 15) is 14.4 Å². The Kier molecular flexibility index (Phi) is 9.90. The molecule has 1 aliphatic heterocycles. The van der Waals surface area contributed by atoms with Gasteiger partial charge in [-0.05, 0) is 19.8 Å². The van der Waals surface area contributed by atoms with Gasteiger partial charge in [0.25, 0.3) is 5.91 Å². The molecule has 1 aromatic rings. The SMILES string of the molecule is CCCCC1[C@H](C)OC(=O)[C@@H](NC(=O)c2nccc(OC)c2OC(C)=O)CCO[C@@H]1CC. The minimum absolute atomic E-state index is 0.0191. The Morgan fingerprint density at radius 1 is 1.31 bits per heavy atom. The second kappa shape index (κ2) is 12.4. The van der Waals surface area contributed by atoms with Crippen LogP contribution in [0.2, 0.25) is 0 Å². The minimum Gasteiger partial charge on any atom is -0.493 e. The van der Waals surface area contributed by atoms with Crippen LogP contribution in [0.3, 0.4) is 0 Å². The van der Waals surface area contributed by atoms with E-state index in [4.69, 9.17) is 18.9 Å². The van der Waals surface area contributed by atoms with Crippen molar-refractivity contribution in [3.63, 3.8) is 0 Å². The lowest BCUT2D eigenvalue weighted by molar-refractivity contribution is -0.154. The summed E-state index contributed by atoms with van der Waals surface area (Å²) in [6.45, 7) is 7.56. The van der Waals surface area contributed by atoms with Gasteiger partial charge in [0.1, 0.15) is 12.1 Å². The Labute approximate surface area is 189 Å². The van der Waals surface area contributed by atoms with Crippen LogP contribution >= 0.6 is 0 Å². The Morgan fingerprint density at radius 2 is 2.06 bits per heavy atom. The zero-order valence-electron chi connectivity index (χ0n) is 19.5. The average Bonchev–Trinajstić information content (AvgIpc) is 2.81. The van der Waals surface area contributed by atoms with Gasteiger partial charge in [-0.15, -0.1) is 0 Å². The number of nitrogens with one attached hydrogen (secondary N) is 1. The number of aromatic nitrogens is 1. The number of hydrogen-bond acceptors (Lipinski definition) is 8. The summed E-state index contributed by atoms with van der Waals surface area (Å²) in [7, 11) is 1.39. The third-order valence-electron chi connectivity index (χ3n) is 5.55. The quantitative estimate of drug-likeness (QED) is 0.601. The zero-order valence-corrected chi connectivity index (χ0v) is 19.5. The lowest BCUT2D eigenvalue weighted by Crippen LogP contribution is -2.44. The molecule has 0 aromatic carbocycles. The Morgan fingerprint density at radius 3 is 2.69 bits per heavy atom. The van der Waals surface area contributed by atoms with Crippen molar-refractivity contribution in [1.82, 2.24) is 10.3 Å². The normalized spacial score (nSPS) is 23.8. The van der Waals surface area contributed by atoms with Gasteiger partial charge in [0.05, 0.1) is 13.2 Å². The molecule has 9 nitrogen and oxygen atoms in total. The highest BCUT2D eigenvalue weighted by atomic mass is 16.6. The van der Waals surface area contributed by atoms with Gasteiger partial charge in [0.15, 0.2) is 11.4 Å². The van der Waals surface area contributed by atoms with Gasteiger partial charge < -0.3 is 24.3 Å². The van der Waals surface area contributed by atoms with Crippen LogP contribution in [0.1, 0.15) is 70.3 Å². The van der Waals surface area contributed by atoms with Crippen LogP contribution in [-0.2, 0) is 19.1 Å². The predicted molar refractivity (Wildman–Crippen MR) is 117 cm³/mol. The Bertz CT molecular complexity index is 799. The second-order valence-electron chi connectivity index (χ2n) is 7.86. The number of ether oxygens (including phenoxy) is 4. The number of nitrogens with zero attached hydrogens (tertiary/aromatic N) is 1. The van der Waals surface area contributed by atoms with Crippen molar-refractivity contribution in [3.8, 4) is 11.5 Å². The molecular formula is C23H34N2O7. The van der Waals surface area contributed by atoms with Crippen LogP contribution in [-0.4, -0.2) is 54.8 Å². The van der Waals surface area contributed by atoms with Crippen LogP contribution in [0.5, 0.6) is 11.5 Å². The number of rotatable bonds is 8. The molecule has 178 valence electrons. The van der Waals surface area contributed by atoms with Crippen LogP contribution in [0, 0.1) is 5.92 Å². The molecule has 0 aliphatic carbocycles. The van der Waals surface area contributed by atoms with Gasteiger partial charge in [-0.2, -0.15) is 0 Å². The molecule has 1 N–H and O–H groups in total. The molecule has 1 unspecified atom stereocenters. The fraction of sp³-hybridized carbons (Fsp3) is 0.652. The van der Waals surface area contributed by atoms with Gasteiger partial charge >= 0.3 is 11.9 Å². The number of pyridine rings is 1. The number of unbranched alkanes of at least 4 members (excludes halogenated alkanes) is 1. The van der Waals surface area contributed by atoms with E-state index in [0.29, 0.717) is 6.61 Å². The van der Waals surface area contributed by atoms with Gasteiger partial charge in [0, 0.05) is 38.1 Å². The lowest BCUT2D eigenvalue weighted by atomic mass is 9.89. The first-order valence-electron chi connectivity index (χ1n) is 11.2. The number of hydrogen-bond donors (Lipinski definition) is 1. The van der Waals surface area contributed by atoms with E-state index < -0.39 is 23.9 Å². The van der Waals surface area contributed by atoms with Crippen molar-refractivity contribution in [3.05, 3.63) is 18.0 Å². The van der Waals surface area contributed by atoms with E-state index in [0.717, 1.165) is 25.7 Å². The fourth-order valence-corrected chi connectivity index (χ4v) is 3.87. The summed E-state index contributed by atoms with van der Waals surface area (Å²) in [6, 6.07) is 0.547. The van der Waals surface area contributed by atoms with E-state index in [-0.39, 0.29) is 41.7 Å². The van der Waals surface area contributed by atoms with Crippen LogP contribution in [0.15, 0.2) is 12.3 Å². The van der Waals surface area contributed by atoms with Crippen molar-refractivity contribution < 1.29 is 33.3 Å². The maximum atomic E-state index is 13.0. The van der Waals surface area contributed by atoms with Gasteiger partial charge in [-0.3, -0.25) is 9.59 Å². The fourth-order valence-electron chi connectivity index (χ4n) is 3.87. The molecule has 1 aliphatic rings. The summed E-state index contributed by atoms with van der Waals surface area (Å²) in [6.07, 6.45) is 5.03. The number of esters is 2. The Hall–Kier alpha value is -2.68. The molecular weight excluding hydrogens is 416 g/mol. The zero-order chi connectivity index (χ0) is 23.7. The third kappa shape index (κ3) is 6.66. The standard InChI is InChI=1S/C23H34N2O7/c1-6-8-9-16-14(3)31-23(28)17(11-13-30-18(16)7-2)25-22(27)20-21(32-15(4)26)19(29-5)10-12-24-20/h10,12,14,16-18H,6-9,11,13H2,1-5H3,(H,25,27)/t14-,16?,17-,18+/m0/s1. The smallest absolute Gasteiger partial charge is 0.329 e. The van der Waals surface area contributed by atoms with E-state index in [1.807, 2.05) is 6.92 Å². The average molecular weight is 451 g/mol. The summed E-state index contributed by atoms with van der Waals surface area (Å²) < 4.78 is 22.1. The van der Waals surface area contributed by atoms with E-state index >= 15 is 0 Å². The first-order valence-corrected chi connectivity index (χ1v) is 11.2. The maximum Gasteiger partial charge on any atom is 0.329 e. The Balaban J connectivity index is 2.21. The summed E-state index contributed by atoms with van der Waals surface area (Å²) in [4.78, 5) is 41.3. The molecule has 32 heavy (non-hydrogen) atoms. The lowest BCUT2D eigenvalue weighted by Gasteiger charge is -2.30. The number of carbonyl (C=O) groups is 3. The molecule has 0 bridgehead atoms. The topological polar surface area (TPSA) is 113 Å². The second-order valence-corrected chi connectivity index (χ2v) is 7.86. The van der Waals surface area contributed by atoms with Crippen LogP contribution < -0.4 is 14.8 Å². The summed E-state index contributed by atoms with van der Waals surface area (Å²) >= 11 is 0. The first-order chi connectivity index (χ1) is 15.3. The van der Waals surface area contributed by atoms with Crippen molar-refractivity contribution in [2.45, 2.75) is 78.0 Å². The first kappa shape index (κ1) is 25.6. The highest BCUT2D eigenvalue weighted by molar-refractivity contribution is 5.98. The van der Waals surface area contributed by atoms with E-state index in [2.05, 4.69) is 24.1 Å². The molecule has 2 heterocycles. The molecule has 0 spiro atoms. The molecule has 1 amide bonds. The number of methoxy groups -OCH3 is 1. The molecule has 0 saturated carbocycles.